The average Bonchev–Trinajstić information content (AvgIpc) is 3.01. The number of rotatable bonds is 5. The first-order chi connectivity index (χ1) is 12.0. The van der Waals surface area contributed by atoms with Gasteiger partial charge in [-0.2, -0.15) is 0 Å². The standard InChI is InChI=1S/C20H21NO4/c1-14-5-3-6-15(2)20(14)24-13-19(23)25-17-10-8-16(9-11-17)21-12-4-7-18(21)22/h3,5-6,8-11H,4,7,12-13H2,1-2H3. The number of benzene rings is 2. The van der Waals surface area contributed by atoms with Crippen LogP contribution in [0.15, 0.2) is 42.5 Å². The number of carbonyl (C=O) groups excluding carboxylic acids is 2. The van der Waals surface area contributed by atoms with Crippen molar-refractivity contribution in [2.24, 2.45) is 0 Å². The monoisotopic (exact) mass is 339 g/mol. The first-order valence-electron chi connectivity index (χ1n) is 8.35. The van der Waals surface area contributed by atoms with Crippen molar-refractivity contribution < 1.29 is 19.1 Å². The van der Waals surface area contributed by atoms with Crippen molar-refractivity contribution >= 4 is 17.6 Å². The summed E-state index contributed by atoms with van der Waals surface area (Å²) in [7, 11) is 0. The van der Waals surface area contributed by atoms with Crippen molar-refractivity contribution in [3.8, 4) is 11.5 Å². The maximum atomic E-state index is 12.0. The molecule has 0 spiro atoms. The Hall–Kier alpha value is -2.82. The number of amides is 1. The highest BCUT2D eigenvalue weighted by Gasteiger charge is 2.21. The number of anilines is 1. The van der Waals surface area contributed by atoms with E-state index in [4.69, 9.17) is 9.47 Å². The van der Waals surface area contributed by atoms with E-state index in [1.807, 2.05) is 32.0 Å². The number of para-hydroxylation sites is 1. The average molecular weight is 339 g/mol. The topological polar surface area (TPSA) is 55.8 Å². The number of hydrogen-bond donors (Lipinski definition) is 0. The Morgan fingerprint density at radius 2 is 1.76 bits per heavy atom. The van der Waals surface area contributed by atoms with E-state index in [0.717, 1.165) is 29.8 Å². The second-order valence-electron chi connectivity index (χ2n) is 6.13. The number of esters is 1. The summed E-state index contributed by atoms with van der Waals surface area (Å²) in [5.41, 5.74) is 2.79. The Balaban J connectivity index is 1.57. The molecule has 0 unspecified atom stereocenters. The van der Waals surface area contributed by atoms with Crippen molar-refractivity contribution in [2.45, 2.75) is 26.7 Å². The summed E-state index contributed by atoms with van der Waals surface area (Å²) < 4.78 is 10.9. The minimum absolute atomic E-state index is 0.131. The van der Waals surface area contributed by atoms with Crippen molar-refractivity contribution in [3.05, 3.63) is 53.6 Å². The van der Waals surface area contributed by atoms with Crippen molar-refractivity contribution in [2.75, 3.05) is 18.1 Å². The minimum atomic E-state index is -0.465. The van der Waals surface area contributed by atoms with Crippen molar-refractivity contribution in [3.63, 3.8) is 0 Å². The molecule has 0 radical (unpaired) electrons. The van der Waals surface area contributed by atoms with Crippen molar-refractivity contribution in [1.82, 2.24) is 0 Å². The van der Waals surface area contributed by atoms with E-state index < -0.39 is 5.97 Å². The molecule has 1 aliphatic heterocycles. The SMILES string of the molecule is Cc1cccc(C)c1OCC(=O)Oc1ccc(N2CCCC2=O)cc1. The predicted octanol–water partition coefficient (Wildman–Crippen LogP) is 3.41. The van der Waals surface area contributed by atoms with Gasteiger partial charge in [-0.15, -0.1) is 0 Å². The lowest BCUT2D eigenvalue weighted by Gasteiger charge is -2.16. The van der Waals surface area contributed by atoms with Crippen LogP contribution in [0.4, 0.5) is 5.69 Å². The Labute approximate surface area is 147 Å². The fourth-order valence-corrected chi connectivity index (χ4v) is 2.93. The molecule has 2 aromatic carbocycles. The summed E-state index contributed by atoms with van der Waals surface area (Å²) in [5.74, 6) is 0.812. The molecular weight excluding hydrogens is 318 g/mol. The molecular formula is C20H21NO4. The van der Waals surface area contributed by atoms with E-state index in [0.29, 0.717) is 17.9 Å². The van der Waals surface area contributed by atoms with Crippen LogP contribution in [0.2, 0.25) is 0 Å². The zero-order chi connectivity index (χ0) is 17.8. The second kappa shape index (κ2) is 7.38. The van der Waals surface area contributed by atoms with E-state index in [1.54, 1.807) is 29.2 Å². The summed E-state index contributed by atoms with van der Waals surface area (Å²) in [6.45, 7) is 4.46. The van der Waals surface area contributed by atoms with Gasteiger partial charge in [0.05, 0.1) is 0 Å². The third-order valence-electron chi connectivity index (χ3n) is 4.20. The van der Waals surface area contributed by atoms with Crippen LogP contribution < -0.4 is 14.4 Å². The summed E-state index contributed by atoms with van der Waals surface area (Å²) in [4.78, 5) is 25.5. The molecule has 1 heterocycles. The Kier molecular flexibility index (Phi) is 5.03. The number of carbonyl (C=O) groups is 2. The summed E-state index contributed by atoms with van der Waals surface area (Å²) in [6, 6.07) is 12.8. The third kappa shape index (κ3) is 3.99. The van der Waals surface area contributed by atoms with Gasteiger partial charge in [-0.3, -0.25) is 4.79 Å². The van der Waals surface area contributed by atoms with Gasteiger partial charge in [-0.05, 0) is 55.7 Å². The van der Waals surface area contributed by atoms with Gasteiger partial charge in [0.1, 0.15) is 11.5 Å². The molecule has 0 aliphatic carbocycles. The van der Waals surface area contributed by atoms with Gasteiger partial charge in [-0.1, -0.05) is 18.2 Å². The van der Waals surface area contributed by atoms with Crippen LogP contribution >= 0.6 is 0 Å². The van der Waals surface area contributed by atoms with Gasteiger partial charge in [0.2, 0.25) is 5.91 Å². The maximum Gasteiger partial charge on any atom is 0.349 e. The highest BCUT2D eigenvalue weighted by atomic mass is 16.6. The van der Waals surface area contributed by atoms with Gasteiger partial charge in [0.25, 0.3) is 0 Å². The Morgan fingerprint density at radius 3 is 2.36 bits per heavy atom. The second-order valence-corrected chi connectivity index (χ2v) is 6.13. The molecule has 5 nitrogen and oxygen atoms in total. The lowest BCUT2D eigenvalue weighted by Crippen LogP contribution is -2.23. The van der Waals surface area contributed by atoms with E-state index in [9.17, 15) is 9.59 Å². The normalized spacial score (nSPS) is 13.8. The van der Waals surface area contributed by atoms with E-state index >= 15 is 0 Å². The lowest BCUT2D eigenvalue weighted by molar-refractivity contribution is -0.136. The number of aryl methyl sites for hydroxylation is 2. The Morgan fingerprint density at radius 1 is 1.08 bits per heavy atom. The third-order valence-corrected chi connectivity index (χ3v) is 4.20. The van der Waals surface area contributed by atoms with Crippen LogP contribution in [0, 0.1) is 13.8 Å². The quantitative estimate of drug-likeness (QED) is 0.619. The molecule has 1 fully saturated rings. The molecule has 1 amide bonds. The summed E-state index contributed by atoms with van der Waals surface area (Å²) in [5, 5.41) is 0. The first kappa shape index (κ1) is 17.0. The molecule has 0 bridgehead atoms. The number of ether oxygens (including phenoxy) is 2. The van der Waals surface area contributed by atoms with Crippen LogP contribution in [-0.4, -0.2) is 25.0 Å². The zero-order valence-electron chi connectivity index (χ0n) is 14.5. The summed E-state index contributed by atoms with van der Waals surface area (Å²) >= 11 is 0. The fourth-order valence-electron chi connectivity index (χ4n) is 2.93. The molecule has 25 heavy (non-hydrogen) atoms. The molecule has 0 aromatic heterocycles. The molecule has 1 aliphatic rings. The maximum absolute atomic E-state index is 12.0. The van der Waals surface area contributed by atoms with Gasteiger partial charge in [0.15, 0.2) is 6.61 Å². The molecule has 0 N–H and O–H groups in total. The molecule has 1 saturated heterocycles. The van der Waals surface area contributed by atoms with E-state index in [-0.39, 0.29) is 12.5 Å². The van der Waals surface area contributed by atoms with Crippen LogP contribution in [0.1, 0.15) is 24.0 Å². The fraction of sp³-hybridized carbons (Fsp3) is 0.300. The molecule has 2 aromatic rings. The van der Waals surface area contributed by atoms with E-state index in [1.165, 1.54) is 0 Å². The first-order valence-corrected chi connectivity index (χ1v) is 8.35. The van der Waals surface area contributed by atoms with Gasteiger partial charge in [0, 0.05) is 18.7 Å². The van der Waals surface area contributed by atoms with Crippen LogP contribution in [0.5, 0.6) is 11.5 Å². The predicted molar refractivity (Wildman–Crippen MR) is 95.1 cm³/mol. The molecule has 0 saturated carbocycles. The minimum Gasteiger partial charge on any atom is -0.481 e. The van der Waals surface area contributed by atoms with Gasteiger partial charge in [-0.25, -0.2) is 4.79 Å². The molecule has 3 rings (SSSR count). The smallest absolute Gasteiger partial charge is 0.349 e. The van der Waals surface area contributed by atoms with Crippen molar-refractivity contribution in [1.29, 1.82) is 0 Å². The highest BCUT2D eigenvalue weighted by molar-refractivity contribution is 5.95. The largest absolute Gasteiger partial charge is 0.481 e. The molecule has 5 heteroatoms. The van der Waals surface area contributed by atoms with Crippen LogP contribution in [0.25, 0.3) is 0 Å². The molecule has 130 valence electrons. The Bertz CT molecular complexity index is 763. The van der Waals surface area contributed by atoms with Gasteiger partial charge < -0.3 is 14.4 Å². The lowest BCUT2D eigenvalue weighted by atomic mass is 10.1. The van der Waals surface area contributed by atoms with E-state index in [2.05, 4.69) is 0 Å². The number of nitrogens with zero attached hydrogens (tertiary/aromatic N) is 1. The number of hydrogen-bond acceptors (Lipinski definition) is 4. The van der Waals surface area contributed by atoms with Crippen LogP contribution in [-0.2, 0) is 9.59 Å². The summed E-state index contributed by atoms with van der Waals surface area (Å²) in [6.07, 6.45) is 1.47. The van der Waals surface area contributed by atoms with Gasteiger partial charge >= 0.3 is 5.97 Å². The van der Waals surface area contributed by atoms with Crippen LogP contribution in [0.3, 0.4) is 0 Å². The molecule has 0 atom stereocenters. The highest BCUT2D eigenvalue weighted by Crippen LogP contribution is 2.25. The zero-order valence-corrected chi connectivity index (χ0v) is 14.5.